The van der Waals surface area contributed by atoms with E-state index in [1.54, 1.807) is 6.92 Å². The fraction of sp³-hybridized carbons (Fsp3) is 0.333. The van der Waals surface area contributed by atoms with Gasteiger partial charge in [-0.1, -0.05) is 6.92 Å². The lowest BCUT2D eigenvalue weighted by atomic mass is 9.93. The third kappa shape index (κ3) is 4.17. The smallest absolute Gasteiger partial charge is 0.406 e. The topological polar surface area (TPSA) is 76.1 Å². The number of carbonyl (C=O) groups excluding carboxylic acids is 1. The van der Waals surface area contributed by atoms with E-state index in [0.717, 1.165) is 18.2 Å². The predicted molar refractivity (Wildman–Crippen MR) is 60.3 cm³/mol. The normalized spacial score (nSPS) is 12.6. The van der Waals surface area contributed by atoms with Crippen molar-refractivity contribution in [3.05, 3.63) is 29.3 Å². The summed E-state index contributed by atoms with van der Waals surface area (Å²) in [4.78, 5) is 11.2. The standard InChI is InChI=1S/C12H11F3N2O2/c1-7(4-5-16)10-6-8(19-12(13,14)15)2-3-9(10)11(17)18/h2-3,6-7H,4H2,1H3,(H2,17,18). The summed E-state index contributed by atoms with van der Waals surface area (Å²) in [6.45, 7) is 1.61. The first-order valence-corrected chi connectivity index (χ1v) is 5.31. The minimum absolute atomic E-state index is 0.0513. The van der Waals surface area contributed by atoms with Crippen molar-refractivity contribution in [3.63, 3.8) is 0 Å². The summed E-state index contributed by atoms with van der Waals surface area (Å²) in [5.41, 5.74) is 5.48. The molecular formula is C12H11F3N2O2. The van der Waals surface area contributed by atoms with Gasteiger partial charge in [0.1, 0.15) is 5.75 Å². The van der Waals surface area contributed by atoms with Crippen molar-refractivity contribution in [2.24, 2.45) is 5.73 Å². The van der Waals surface area contributed by atoms with E-state index in [0.29, 0.717) is 0 Å². The molecule has 0 saturated carbocycles. The summed E-state index contributed by atoms with van der Waals surface area (Å²) in [6.07, 6.45) is -4.76. The molecule has 0 aromatic heterocycles. The van der Waals surface area contributed by atoms with E-state index in [1.807, 2.05) is 6.07 Å². The number of rotatable bonds is 4. The second-order valence-electron chi connectivity index (χ2n) is 3.92. The maximum absolute atomic E-state index is 12.1. The molecular weight excluding hydrogens is 261 g/mol. The number of nitrogens with zero attached hydrogens (tertiary/aromatic N) is 1. The summed E-state index contributed by atoms with van der Waals surface area (Å²) in [5, 5.41) is 8.61. The minimum Gasteiger partial charge on any atom is -0.406 e. The molecule has 102 valence electrons. The molecule has 0 saturated heterocycles. The molecule has 7 heteroatoms. The lowest BCUT2D eigenvalue weighted by Crippen LogP contribution is -2.19. The number of ether oxygens (including phenoxy) is 1. The van der Waals surface area contributed by atoms with Gasteiger partial charge in [0.15, 0.2) is 0 Å². The van der Waals surface area contributed by atoms with Crippen molar-refractivity contribution >= 4 is 5.91 Å². The van der Waals surface area contributed by atoms with Crippen LogP contribution in [0.15, 0.2) is 18.2 Å². The average molecular weight is 272 g/mol. The number of benzene rings is 1. The highest BCUT2D eigenvalue weighted by atomic mass is 19.4. The van der Waals surface area contributed by atoms with Crippen molar-refractivity contribution in [2.75, 3.05) is 0 Å². The molecule has 1 unspecified atom stereocenters. The maximum atomic E-state index is 12.1. The van der Waals surface area contributed by atoms with Gasteiger partial charge in [-0.05, 0) is 29.7 Å². The van der Waals surface area contributed by atoms with E-state index < -0.39 is 23.9 Å². The van der Waals surface area contributed by atoms with Crippen molar-refractivity contribution in [1.29, 1.82) is 5.26 Å². The van der Waals surface area contributed by atoms with Gasteiger partial charge in [-0.25, -0.2) is 0 Å². The third-order valence-corrected chi connectivity index (χ3v) is 2.45. The molecule has 0 heterocycles. The van der Waals surface area contributed by atoms with Crippen LogP contribution in [0.25, 0.3) is 0 Å². The van der Waals surface area contributed by atoms with Crippen LogP contribution in [0.4, 0.5) is 13.2 Å². The number of carbonyl (C=O) groups is 1. The Morgan fingerprint density at radius 3 is 2.63 bits per heavy atom. The Labute approximate surface area is 107 Å². The van der Waals surface area contributed by atoms with E-state index in [1.165, 1.54) is 0 Å². The van der Waals surface area contributed by atoms with Gasteiger partial charge in [-0.15, -0.1) is 13.2 Å². The molecule has 2 N–H and O–H groups in total. The van der Waals surface area contributed by atoms with Crippen LogP contribution in [0.3, 0.4) is 0 Å². The Balaban J connectivity index is 3.19. The number of hydrogen-bond donors (Lipinski definition) is 1. The number of nitrogens with two attached hydrogens (primary N) is 1. The quantitative estimate of drug-likeness (QED) is 0.915. The second-order valence-corrected chi connectivity index (χ2v) is 3.92. The Bertz CT molecular complexity index is 521. The highest BCUT2D eigenvalue weighted by Gasteiger charge is 2.31. The Kier molecular flexibility index (Phi) is 4.38. The van der Waals surface area contributed by atoms with Crippen LogP contribution in [-0.2, 0) is 0 Å². The van der Waals surface area contributed by atoms with E-state index in [2.05, 4.69) is 4.74 Å². The van der Waals surface area contributed by atoms with Crippen molar-refractivity contribution in [3.8, 4) is 11.8 Å². The van der Waals surface area contributed by atoms with Crippen molar-refractivity contribution in [1.82, 2.24) is 0 Å². The molecule has 4 nitrogen and oxygen atoms in total. The fourth-order valence-electron chi connectivity index (χ4n) is 1.62. The van der Waals surface area contributed by atoms with Gasteiger partial charge in [-0.3, -0.25) is 4.79 Å². The van der Waals surface area contributed by atoms with E-state index in [9.17, 15) is 18.0 Å². The van der Waals surface area contributed by atoms with Crippen LogP contribution >= 0.6 is 0 Å². The second kappa shape index (κ2) is 5.61. The summed E-state index contributed by atoms with van der Waals surface area (Å²) >= 11 is 0. The molecule has 1 aromatic carbocycles. The molecule has 0 spiro atoms. The fourth-order valence-corrected chi connectivity index (χ4v) is 1.62. The summed E-state index contributed by atoms with van der Waals surface area (Å²) in [7, 11) is 0. The average Bonchev–Trinajstić information content (AvgIpc) is 2.26. The van der Waals surface area contributed by atoms with E-state index in [-0.39, 0.29) is 17.5 Å². The van der Waals surface area contributed by atoms with Crippen LogP contribution in [0.5, 0.6) is 5.75 Å². The molecule has 1 atom stereocenters. The molecule has 1 amide bonds. The molecule has 1 aromatic rings. The first-order chi connectivity index (χ1) is 8.74. The maximum Gasteiger partial charge on any atom is 0.573 e. The van der Waals surface area contributed by atoms with Crippen LogP contribution in [0.2, 0.25) is 0 Å². The van der Waals surface area contributed by atoms with E-state index in [4.69, 9.17) is 11.0 Å². The Morgan fingerprint density at radius 2 is 2.16 bits per heavy atom. The SMILES string of the molecule is CC(CC#N)c1cc(OC(F)(F)F)ccc1C(N)=O. The van der Waals surface area contributed by atoms with Crippen LogP contribution in [0.1, 0.15) is 35.2 Å². The lowest BCUT2D eigenvalue weighted by Gasteiger charge is -2.15. The highest BCUT2D eigenvalue weighted by Crippen LogP contribution is 2.29. The van der Waals surface area contributed by atoms with Crippen molar-refractivity contribution in [2.45, 2.75) is 25.6 Å². The number of primary amides is 1. The molecule has 0 aliphatic heterocycles. The zero-order chi connectivity index (χ0) is 14.6. The van der Waals surface area contributed by atoms with Gasteiger partial charge in [0.2, 0.25) is 5.91 Å². The zero-order valence-corrected chi connectivity index (χ0v) is 9.99. The molecule has 19 heavy (non-hydrogen) atoms. The summed E-state index contributed by atoms with van der Waals surface area (Å²) < 4.78 is 40.1. The molecule has 0 bridgehead atoms. The van der Waals surface area contributed by atoms with Crippen LogP contribution in [0, 0.1) is 11.3 Å². The molecule has 0 aliphatic rings. The number of alkyl halides is 3. The number of amides is 1. The molecule has 0 aliphatic carbocycles. The summed E-state index contributed by atoms with van der Waals surface area (Å²) in [6, 6.07) is 5.13. The molecule has 0 fully saturated rings. The Morgan fingerprint density at radius 1 is 1.53 bits per heavy atom. The Hall–Kier alpha value is -2.23. The predicted octanol–water partition coefficient (Wildman–Crippen LogP) is 2.70. The summed E-state index contributed by atoms with van der Waals surface area (Å²) in [5.74, 6) is -1.64. The number of hydrogen-bond acceptors (Lipinski definition) is 3. The molecule has 0 radical (unpaired) electrons. The molecule has 1 rings (SSSR count). The number of halogens is 3. The monoisotopic (exact) mass is 272 g/mol. The van der Waals surface area contributed by atoms with Gasteiger partial charge in [0.05, 0.1) is 6.07 Å². The zero-order valence-electron chi connectivity index (χ0n) is 9.99. The van der Waals surface area contributed by atoms with Crippen molar-refractivity contribution < 1.29 is 22.7 Å². The first kappa shape index (κ1) is 14.8. The highest BCUT2D eigenvalue weighted by molar-refractivity contribution is 5.94. The van der Waals surface area contributed by atoms with Gasteiger partial charge in [0, 0.05) is 12.0 Å². The van der Waals surface area contributed by atoms with Crippen LogP contribution < -0.4 is 10.5 Å². The van der Waals surface area contributed by atoms with Crippen LogP contribution in [-0.4, -0.2) is 12.3 Å². The minimum atomic E-state index is -4.82. The number of nitriles is 1. The van der Waals surface area contributed by atoms with Gasteiger partial charge in [-0.2, -0.15) is 5.26 Å². The first-order valence-electron chi connectivity index (χ1n) is 5.31. The van der Waals surface area contributed by atoms with Gasteiger partial charge in [0.25, 0.3) is 0 Å². The largest absolute Gasteiger partial charge is 0.573 e. The van der Waals surface area contributed by atoms with E-state index >= 15 is 0 Å². The lowest BCUT2D eigenvalue weighted by molar-refractivity contribution is -0.274. The third-order valence-electron chi connectivity index (χ3n) is 2.45. The van der Waals surface area contributed by atoms with Gasteiger partial charge >= 0.3 is 6.36 Å². The van der Waals surface area contributed by atoms with Gasteiger partial charge < -0.3 is 10.5 Å².